The maximum Gasteiger partial charge on any atom is 0.258 e. The van der Waals surface area contributed by atoms with Crippen molar-refractivity contribution in [3.8, 4) is 5.88 Å². The van der Waals surface area contributed by atoms with Crippen molar-refractivity contribution in [3.63, 3.8) is 0 Å². The summed E-state index contributed by atoms with van der Waals surface area (Å²) in [6.07, 6.45) is 2.52. The van der Waals surface area contributed by atoms with Gasteiger partial charge in [0.2, 0.25) is 5.91 Å². The molecular formula is C11H15BrN4O2. The quantitative estimate of drug-likeness (QED) is 0.910. The first-order valence-corrected chi connectivity index (χ1v) is 6.48. The van der Waals surface area contributed by atoms with Gasteiger partial charge in [-0.15, -0.1) is 0 Å². The van der Waals surface area contributed by atoms with Crippen molar-refractivity contribution in [1.29, 1.82) is 0 Å². The van der Waals surface area contributed by atoms with Crippen LogP contribution in [0.3, 0.4) is 0 Å². The number of anilines is 1. The van der Waals surface area contributed by atoms with Gasteiger partial charge in [0.15, 0.2) is 5.82 Å². The topological polar surface area (TPSA) is 67.4 Å². The van der Waals surface area contributed by atoms with Gasteiger partial charge in [0.1, 0.15) is 4.60 Å². The maximum atomic E-state index is 11.3. The number of likely N-dealkylation sites (tertiary alicyclic amines) is 1. The molecule has 0 aliphatic carbocycles. The molecule has 1 saturated heterocycles. The van der Waals surface area contributed by atoms with Crippen LogP contribution in [0.5, 0.6) is 5.88 Å². The summed E-state index contributed by atoms with van der Waals surface area (Å²) in [5.74, 6) is 1.16. The van der Waals surface area contributed by atoms with E-state index in [0.717, 1.165) is 13.0 Å². The highest BCUT2D eigenvalue weighted by atomic mass is 79.9. The number of hydrogen-bond acceptors (Lipinski definition) is 5. The number of halogens is 1. The lowest BCUT2D eigenvalue weighted by Crippen LogP contribution is -2.29. The van der Waals surface area contributed by atoms with Crippen LogP contribution >= 0.6 is 15.9 Å². The molecule has 1 amide bonds. The minimum absolute atomic E-state index is 0.105. The highest BCUT2D eigenvalue weighted by molar-refractivity contribution is 9.10. The predicted octanol–water partition coefficient (Wildman–Crippen LogP) is 1.28. The molecule has 0 saturated carbocycles. The van der Waals surface area contributed by atoms with Gasteiger partial charge in [-0.1, -0.05) is 0 Å². The van der Waals surface area contributed by atoms with Gasteiger partial charge in [-0.3, -0.25) is 4.79 Å². The van der Waals surface area contributed by atoms with Crippen LogP contribution < -0.4 is 10.1 Å². The van der Waals surface area contributed by atoms with Crippen LogP contribution in [0, 0.1) is 0 Å². The van der Waals surface area contributed by atoms with Crippen molar-refractivity contribution in [2.75, 3.05) is 25.5 Å². The molecule has 1 aliphatic rings. The number of ether oxygens (including phenoxy) is 1. The zero-order valence-electron chi connectivity index (χ0n) is 10.3. The minimum atomic E-state index is 0.105. The average Bonchev–Trinajstić information content (AvgIpc) is 2.80. The lowest BCUT2D eigenvalue weighted by atomic mass is 10.2. The summed E-state index contributed by atoms with van der Waals surface area (Å²) in [6, 6.07) is 0.193. The Hall–Kier alpha value is -1.37. The number of methoxy groups -OCH3 is 1. The molecule has 0 spiro atoms. The van der Waals surface area contributed by atoms with E-state index in [-0.39, 0.29) is 11.9 Å². The van der Waals surface area contributed by atoms with Crippen molar-refractivity contribution in [3.05, 3.63) is 10.8 Å². The Balaban J connectivity index is 2.04. The second-order valence-corrected chi connectivity index (χ2v) is 4.96. The van der Waals surface area contributed by atoms with E-state index in [1.54, 1.807) is 20.2 Å². The van der Waals surface area contributed by atoms with Crippen LogP contribution in [0.4, 0.5) is 5.82 Å². The van der Waals surface area contributed by atoms with E-state index in [4.69, 9.17) is 4.74 Å². The van der Waals surface area contributed by atoms with Crippen LogP contribution in [0.2, 0.25) is 0 Å². The molecule has 1 N–H and O–H groups in total. The van der Waals surface area contributed by atoms with Crippen molar-refractivity contribution >= 4 is 27.7 Å². The van der Waals surface area contributed by atoms with Gasteiger partial charge in [0.05, 0.1) is 13.3 Å². The van der Waals surface area contributed by atoms with Crippen molar-refractivity contribution in [1.82, 2.24) is 14.9 Å². The van der Waals surface area contributed by atoms with Crippen molar-refractivity contribution < 1.29 is 9.53 Å². The molecule has 1 aromatic heterocycles. The number of rotatable bonds is 3. The molecule has 1 atom stereocenters. The van der Waals surface area contributed by atoms with Gasteiger partial charge in [-0.05, 0) is 22.4 Å². The Morgan fingerprint density at radius 3 is 3.06 bits per heavy atom. The fraction of sp³-hybridized carbons (Fsp3) is 0.545. The van der Waals surface area contributed by atoms with Crippen LogP contribution in [0.1, 0.15) is 13.3 Å². The summed E-state index contributed by atoms with van der Waals surface area (Å²) in [7, 11) is 1.55. The second-order valence-electron chi connectivity index (χ2n) is 4.15. The predicted molar refractivity (Wildman–Crippen MR) is 70.6 cm³/mol. The Morgan fingerprint density at radius 2 is 2.44 bits per heavy atom. The molecule has 0 aromatic carbocycles. The highest BCUT2D eigenvalue weighted by Gasteiger charge is 2.25. The Labute approximate surface area is 114 Å². The number of carbonyl (C=O) groups is 1. The average molecular weight is 315 g/mol. The third-order valence-corrected chi connectivity index (χ3v) is 3.26. The normalized spacial score (nSPS) is 18.8. The SMILES string of the molecule is COc1nc(Br)cnc1N[C@@H]1CCN(C(C)=O)C1. The van der Waals surface area contributed by atoms with Crippen molar-refractivity contribution in [2.24, 2.45) is 0 Å². The lowest BCUT2D eigenvalue weighted by molar-refractivity contribution is -0.127. The molecule has 2 heterocycles. The molecule has 1 fully saturated rings. The first-order chi connectivity index (χ1) is 8.60. The van der Waals surface area contributed by atoms with E-state index in [0.29, 0.717) is 22.8 Å². The van der Waals surface area contributed by atoms with Crippen molar-refractivity contribution in [2.45, 2.75) is 19.4 Å². The smallest absolute Gasteiger partial charge is 0.258 e. The van der Waals surface area contributed by atoms with Gasteiger partial charge in [0, 0.05) is 26.1 Å². The molecule has 2 rings (SSSR count). The van der Waals surface area contributed by atoms with Crippen LogP contribution in [-0.2, 0) is 4.79 Å². The minimum Gasteiger partial charge on any atom is -0.478 e. The molecule has 0 unspecified atom stereocenters. The third kappa shape index (κ3) is 2.90. The first-order valence-electron chi connectivity index (χ1n) is 5.68. The van der Waals surface area contributed by atoms with E-state index in [2.05, 4.69) is 31.2 Å². The largest absolute Gasteiger partial charge is 0.478 e. The Morgan fingerprint density at radius 1 is 1.67 bits per heavy atom. The fourth-order valence-corrected chi connectivity index (χ4v) is 2.21. The number of nitrogens with zero attached hydrogens (tertiary/aromatic N) is 3. The monoisotopic (exact) mass is 314 g/mol. The standard InChI is InChI=1S/C11H15BrN4O2/c1-7(17)16-4-3-8(6-16)14-10-11(18-2)15-9(12)5-13-10/h5,8H,3-4,6H2,1-2H3,(H,13,14)/t8-/m1/s1. The van der Waals surface area contributed by atoms with E-state index < -0.39 is 0 Å². The number of nitrogens with one attached hydrogen (secondary N) is 1. The van der Waals surface area contributed by atoms with E-state index in [9.17, 15) is 4.79 Å². The molecule has 1 aliphatic heterocycles. The van der Waals surface area contributed by atoms with E-state index in [1.807, 2.05) is 4.90 Å². The van der Waals surface area contributed by atoms with Crippen LogP contribution in [-0.4, -0.2) is 47.0 Å². The van der Waals surface area contributed by atoms with Crippen LogP contribution in [0.25, 0.3) is 0 Å². The van der Waals surface area contributed by atoms with Gasteiger partial charge in [-0.25, -0.2) is 9.97 Å². The number of aromatic nitrogens is 2. The summed E-state index contributed by atoms with van der Waals surface area (Å²) in [5.41, 5.74) is 0. The summed E-state index contributed by atoms with van der Waals surface area (Å²) in [6.45, 7) is 3.05. The number of carbonyl (C=O) groups excluding carboxylic acids is 1. The molecule has 98 valence electrons. The number of amides is 1. The zero-order valence-corrected chi connectivity index (χ0v) is 11.9. The zero-order chi connectivity index (χ0) is 13.1. The van der Waals surface area contributed by atoms with Gasteiger partial charge in [-0.2, -0.15) is 0 Å². The second kappa shape index (κ2) is 5.51. The molecule has 0 radical (unpaired) electrons. The Bertz CT molecular complexity index is 455. The summed E-state index contributed by atoms with van der Waals surface area (Å²) in [5, 5.41) is 3.26. The van der Waals surface area contributed by atoms with Gasteiger partial charge < -0.3 is 15.0 Å². The summed E-state index contributed by atoms with van der Waals surface area (Å²) < 4.78 is 5.79. The molecule has 0 bridgehead atoms. The van der Waals surface area contributed by atoms with Gasteiger partial charge >= 0.3 is 0 Å². The lowest BCUT2D eigenvalue weighted by Gasteiger charge is -2.16. The number of hydrogen-bond donors (Lipinski definition) is 1. The molecular weight excluding hydrogens is 300 g/mol. The highest BCUT2D eigenvalue weighted by Crippen LogP contribution is 2.23. The fourth-order valence-electron chi connectivity index (χ4n) is 1.95. The first kappa shape index (κ1) is 13.1. The van der Waals surface area contributed by atoms with E-state index in [1.165, 1.54) is 0 Å². The molecule has 1 aromatic rings. The van der Waals surface area contributed by atoms with Crippen LogP contribution in [0.15, 0.2) is 10.8 Å². The molecule has 7 heteroatoms. The summed E-state index contributed by atoms with van der Waals surface area (Å²) >= 11 is 3.24. The third-order valence-electron chi connectivity index (χ3n) is 2.88. The Kier molecular flexibility index (Phi) is 4.00. The summed E-state index contributed by atoms with van der Waals surface area (Å²) in [4.78, 5) is 21.5. The maximum absolute atomic E-state index is 11.3. The molecule has 18 heavy (non-hydrogen) atoms. The van der Waals surface area contributed by atoms with Gasteiger partial charge in [0.25, 0.3) is 5.88 Å². The molecule has 6 nitrogen and oxygen atoms in total. The van der Waals surface area contributed by atoms with E-state index >= 15 is 0 Å².